The lowest BCUT2D eigenvalue weighted by atomic mass is 10.1. The van der Waals surface area contributed by atoms with E-state index in [0.29, 0.717) is 22.2 Å². The molecule has 8 heteroatoms. The van der Waals surface area contributed by atoms with Gasteiger partial charge >= 0.3 is 5.97 Å². The Balaban J connectivity index is 2.23. The number of tetrazole rings is 1. The molecule has 1 aromatic carbocycles. The summed E-state index contributed by atoms with van der Waals surface area (Å²) in [5.74, 6) is 0.0914. The third-order valence-corrected chi connectivity index (χ3v) is 3.57. The molecule has 7 nitrogen and oxygen atoms in total. The molecule has 100 valence electrons. The first-order valence-corrected chi connectivity index (χ1v) is 6.43. The number of methoxy groups -OCH3 is 1. The van der Waals surface area contributed by atoms with E-state index in [-0.39, 0.29) is 0 Å². The number of carbonyl (C=O) groups excluding carboxylic acids is 1. The topological polar surface area (TPSA) is 95.9 Å². The molecule has 2 aromatic rings. The zero-order chi connectivity index (χ0) is 13.8. The highest BCUT2D eigenvalue weighted by Crippen LogP contribution is 2.25. The number of benzene rings is 1. The van der Waals surface area contributed by atoms with Crippen molar-refractivity contribution in [1.82, 2.24) is 20.2 Å². The average Bonchev–Trinajstić information content (AvgIpc) is 2.81. The first kappa shape index (κ1) is 13.3. The van der Waals surface area contributed by atoms with Crippen molar-refractivity contribution in [2.75, 3.05) is 12.8 Å². The van der Waals surface area contributed by atoms with Crippen LogP contribution in [0.25, 0.3) is 0 Å². The van der Waals surface area contributed by atoms with Gasteiger partial charge in [-0.3, -0.25) is 0 Å². The number of thioether (sulfide) groups is 1. The number of carbonyl (C=O) groups is 1. The van der Waals surface area contributed by atoms with Gasteiger partial charge in [-0.15, -0.1) is 5.10 Å². The standard InChI is InChI=1S/C11H13N5O2S/c1-16-11(13-14-15-16)19-6-7-4-3-5-8(12)9(7)10(17)18-2/h3-5H,6,12H2,1-2H3. The lowest BCUT2D eigenvalue weighted by Gasteiger charge is -2.09. The van der Waals surface area contributed by atoms with Crippen LogP contribution in [0.1, 0.15) is 15.9 Å². The van der Waals surface area contributed by atoms with Gasteiger partial charge in [-0.1, -0.05) is 23.9 Å². The van der Waals surface area contributed by atoms with Crippen molar-refractivity contribution < 1.29 is 9.53 Å². The highest BCUT2D eigenvalue weighted by atomic mass is 32.2. The van der Waals surface area contributed by atoms with Crippen LogP contribution in [0.5, 0.6) is 0 Å². The van der Waals surface area contributed by atoms with Gasteiger partial charge in [0.2, 0.25) is 5.16 Å². The SMILES string of the molecule is COC(=O)c1c(N)cccc1CSc1nnnn1C. The Morgan fingerprint density at radius 3 is 2.95 bits per heavy atom. The van der Waals surface area contributed by atoms with Gasteiger partial charge in [0.05, 0.1) is 12.7 Å². The van der Waals surface area contributed by atoms with Gasteiger partial charge in [0.15, 0.2) is 0 Å². The lowest BCUT2D eigenvalue weighted by Crippen LogP contribution is -2.09. The minimum Gasteiger partial charge on any atom is -0.465 e. The van der Waals surface area contributed by atoms with Crippen LogP contribution in [0.3, 0.4) is 0 Å². The van der Waals surface area contributed by atoms with Gasteiger partial charge in [0.25, 0.3) is 0 Å². The molecule has 0 aliphatic carbocycles. The number of hydrogen-bond donors (Lipinski definition) is 1. The molecule has 2 N–H and O–H groups in total. The van der Waals surface area contributed by atoms with E-state index in [1.54, 1.807) is 23.9 Å². The summed E-state index contributed by atoms with van der Waals surface area (Å²) in [7, 11) is 3.08. The van der Waals surface area contributed by atoms with Gasteiger partial charge in [-0.25, -0.2) is 9.48 Å². The van der Waals surface area contributed by atoms with Crippen molar-refractivity contribution in [3.63, 3.8) is 0 Å². The van der Waals surface area contributed by atoms with E-state index < -0.39 is 5.97 Å². The molecular weight excluding hydrogens is 266 g/mol. The number of rotatable bonds is 4. The molecule has 0 bridgehead atoms. The van der Waals surface area contributed by atoms with Crippen LogP contribution in [0.4, 0.5) is 5.69 Å². The summed E-state index contributed by atoms with van der Waals surface area (Å²) in [5, 5.41) is 11.8. The van der Waals surface area contributed by atoms with E-state index in [9.17, 15) is 4.79 Å². The first-order valence-electron chi connectivity index (χ1n) is 5.44. The Morgan fingerprint density at radius 1 is 1.53 bits per heavy atom. The third kappa shape index (κ3) is 2.84. The van der Waals surface area contributed by atoms with Crippen molar-refractivity contribution >= 4 is 23.4 Å². The van der Waals surface area contributed by atoms with Crippen molar-refractivity contribution in [3.05, 3.63) is 29.3 Å². The Morgan fingerprint density at radius 2 is 2.32 bits per heavy atom. The van der Waals surface area contributed by atoms with Crippen molar-refractivity contribution in [3.8, 4) is 0 Å². The fourth-order valence-electron chi connectivity index (χ4n) is 1.58. The molecule has 0 radical (unpaired) electrons. The van der Waals surface area contributed by atoms with E-state index in [2.05, 4.69) is 15.5 Å². The molecule has 1 aromatic heterocycles. The third-order valence-electron chi connectivity index (χ3n) is 2.51. The number of nitrogen functional groups attached to an aromatic ring is 1. The van der Waals surface area contributed by atoms with Gasteiger partial charge in [-0.2, -0.15) is 0 Å². The van der Waals surface area contributed by atoms with Crippen LogP contribution in [0.2, 0.25) is 0 Å². The van der Waals surface area contributed by atoms with Crippen LogP contribution in [-0.4, -0.2) is 33.3 Å². The zero-order valence-electron chi connectivity index (χ0n) is 10.5. The number of aryl methyl sites for hydroxylation is 1. The number of hydrogen-bond acceptors (Lipinski definition) is 7. The zero-order valence-corrected chi connectivity index (χ0v) is 11.3. The van der Waals surface area contributed by atoms with E-state index in [1.165, 1.54) is 18.9 Å². The molecule has 0 atom stereocenters. The number of aromatic nitrogens is 4. The van der Waals surface area contributed by atoms with Crippen LogP contribution in [-0.2, 0) is 17.5 Å². The summed E-state index contributed by atoms with van der Waals surface area (Å²) in [6, 6.07) is 5.30. The van der Waals surface area contributed by atoms with Crippen molar-refractivity contribution in [1.29, 1.82) is 0 Å². The highest BCUT2D eigenvalue weighted by molar-refractivity contribution is 7.98. The largest absolute Gasteiger partial charge is 0.465 e. The number of esters is 1. The second kappa shape index (κ2) is 5.70. The van der Waals surface area contributed by atoms with Crippen molar-refractivity contribution in [2.45, 2.75) is 10.9 Å². The van der Waals surface area contributed by atoms with Gasteiger partial charge < -0.3 is 10.5 Å². The molecule has 0 aliphatic heterocycles. The maximum atomic E-state index is 11.7. The molecule has 0 unspecified atom stereocenters. The summed E-state index contributed by atoms with van der Waals surface area (Å²) < 4.78 is 6.31. The molecule has 0 amide bonds. The van der Waals surface area contributed by atoms with Gasteiger partial charge in [-0.05, 0) is 22.1 Å². The first-order chi connectivity index (χ1) is 9.13. The van der Waals surface area contributed by atoms with E-state index in [0.717, 1.165) is 5.56 Å². The highest BCUT2D eigenvalue weighted by Gasteiger charge is 2.16. The molecule has 19 heavy (non-hydrogen) atoms. The normalized spacial score (nSPS) is 10.4. The molecule has 2 rings (SSSR count). The minimum atomic E-state index is -0.440. The van der Waals surface area contributed by atoms with Crippen LogP contribution in [0, 0.1) is 0 Å². The van der Waals surface area contributed by atoms with E-state index in [4.69, 9.17) is 10.5 Å². The number of anilines is 1. The maximum absolute atomic E-state index is 11.7. The Kier molecular flexibility index (Phi) is 4.00. The predicted molar refractivity (Wildman–Crippen MR) is 70.6 cm³/mol. The van der Waals surface area contributed by atoms with Crippen LogP contribution >= 0.6 is 11.8 Å². The Labute approximate surface area is 114 Å². The molecule has 1 heterocycles. The number of nitrogens with two attached hydrogens (primary N) is 1. The molecule has 0 saturated carbocycles. The van der Waals surface area contributed by atoms with E-state index >= 15 is 0 Å². The Bertz CT molecular complexity index is 599. The average molecular weight is 279 g/mol. The van der Waals surface area contributed by atoms with Crippen LogP contribution in [0.15, 0.2) is 23.4 Å². The monoisotopic (exact) mass is 279 g/mol. The van der Waals surface area contributed by atoms with Gasteiger partial charge in [0.1, 0.15) is 0 Å². The van der Waals surface area contributed by atoms with Crippen LogP contribution < -0.4 is 5.73 Å². The Hall–Kier alpha value is -2.09. The maximum Gasteiger partial charge on any atom is 0.340 e. The molecule has 0 fully saturated rings. The number of nitrogens with zero attached hydrogens (tertiary/aromatic N) is 4. The van der Waals surface area contributed by atoms with Crippen molar-refractivity contribution in [2.24, 2.45) is 7.05 Å². The molecule has 0 aliphatic rings. The quantitative estimate of drug-likeness (QED) is 0.504. The summed E-state index contributed by atoms with van der Waals surface area (Å²) in [6.45, 7) is 0. The summed E-state index contributed by atoms with van der Waals surface area (Å²) >= 11 is 1.42. The molecule has 0 saturated heterocycles. The minimum absolute atomic E-state index is 0.396. The molecule has 0 spiro atoms. The second-order valence-electron chi connectivity index (χ2n) is 3.75. The fraction of sp³-hybridized carbons (Fsp3) is 0.273. The molecular formula is C11H13N5O2S. The fourth-order valence-corrected chi connectivity index (χ4v) is 2.42. The summed E-state index contributed by atoms with van der Waals surface area (Å²) in [5.41, 5.74) is 7.41. The van der Waals surface area contributed by atoms with E-state index in [1.807, 2.05) is 6.07 Å². The summed E-state index contributed by atoms with van der Waals surface area (Å²) in [6.07, 6.45) is 0. The smallest absolute Gasteiger partial charge is 0.340 e. The predicted octanol–water partition coefficient (Wildman–Crippen LogP) is 0.871. The second-order valence-corrected chi connectivity index (χ2v) is 4.69. The van der Waals surface area contributed by atoms with Gasteiger partial charge in [0, 0.05) is 18.5 Å². The number of ether oxygens (including phenoxy) is 1. The summed E-state index contributed by atoms with van der Waals surface area (Å²) in [4.78, 5) is 11.7. The lowest BCUT2D eigenvalue weighted by molar-refractivity contribution is 0.0601.